The molecule has 0 saturated heterocycles. The van der Waals surface area contributed by atoms with Crippen molar-refractivity contribution in [1.29, 1.82) is 0 Å². The number of hydrogen-bond donors (Lipinski definition) is 0. The molecule has 8 nitrogen and oxygen atoms in total. The molecule has 2 aromatic rings. The van der Waals surface area contributed by atoms with Gasteiger partial charge in [0, 0.05) is 5.56 Å². The van der Waals surface area contributed by atoms with Gasteiger partial charge in [0.2, 0.25) is 0 Å². The van der Waals surface area contributed by atoms with Crippen LogP contribution in [0.25, 0.3) is 0 Å². The molecule has 26 heavy (non-hydrogen) atoms. The summed E-state index contributed by atoms with van der Waals surface area (Å²) >= 11 is -2.42. The number of nitrogens with zero attached hydrogens (tertiary/aromatic N) is 1. The lowest BCUT2D eigenvalue weighted by Gasteiger charge is -2.13. The maximum atomic E-state index is 12.3. The highest BCUT2D eigenvalue weighted by atomic mass is 32.2. The Labute approximate surface area is 152 Å². The number of aryl methyl sites for hydroxylation is 1. The van der Waals surface area contributed by atoms with E-state index in [2.05, 4.69) is 4.89 Å². The Balaban J connectivity index is 1.72. The largest absolute Gasteiger partial charge is 0.383 e. The number of hydroxylamine groups is 2. The molecular formula is C17H15NO7S. The van der Waals surface area contributed by atoms with Crippen LogP contribution in [0.2, 0.25) is 0 Å². The second-order valence-corrected chi connectivity index (χ2v) is 6.08. The molecule has 2 amide bonds. The first-order valence-electron chi connectivity index (χ1n) is 7.52. The van der Waals surface area contributed by atoms with Crippen molar-refractivity contribution >= 4 is 23.2 Å². The smallest absolute Gasteiger partial charge is 0.378 e. The predicted octanol–water partition coefficient (Wildman–Crippen LogP) is 2.26. The molecule has 0 aromatic heterocycles. The second-order valence-electron chi connectivity index (χ2n) is 5.35. The number of carbonyl (C=O) groups excluding carboxylic acids is 2. The zero-order chi connectivity index (χ0) is 18.7. The first-order valence-corrected chi connectivity index (χ1v) is 8.52. The van der Waals surface area contributed by atoms with Gasteiger partial charge < -0.3 is 4.18 Å². The van der Waals surface area contributed by atoms with E-state index in [0.717, 1.165) is 5.56 Å². The first-order chi connectivity index (χ1) is 12.5. The third kappa shape index (κ3) is 3.65. The number of para-hydroxylation sites is 1. The van der Waals surface area contributed by atoms with Gasteiger partial charge in [0.1, 0.15) is 12.4 Å². The van der Waals surface area contributed by atoms with Crippen LogP contribution in [0.1, 0.15) is 31.8 Å². The van der Waals surface area contributed by atoms with Crippen LogP contribution in [-0.2, 0) is 32.0 Å². The minimum absolute atomic E-state index is 0.0518. The zero-order valence-corrected chi connectivity index (χ0v) is 14.8. The lowest BCUT2D eigenvalue weighted by molar-refractivity contribution is -0.282. The Morgan fingerprint density at radius 2 is 1.77 bits per heavy atom. The lowest BCUT2D eigenvalue weighted by Crippen LogP contribution is -2.32. The summed E-state index contributed by atoms with van der Waals surface area (Å²) in [6.45, 7) is 1.85. The normalized spacial score (nSPS) is 14.5. The highest BCUT2D eigenvalue weighted by Gasteiger charge is 2.38. The number of rotatable bonds is 7. The minimum atomic E-state index is -2.42. The highest BCUT2D eigenvalue weighted by molar-refractivity contribution is 7.75. The fourth-order valence-corrected chi connectivity index (χ4v) is 2.97. The monoisotopic (exact) mass is 377 g/mol. The summed E-state index contributed by atoms with van der Waals surface area (Å²) in [5.41, 5.74) is 1.74. The molecule has 0 aliphatic carbocycles. The molecule has 136 valence electrons. The van der Waals surface area contributed by atoms with Crippen molar-refractivity contribution in [3.63, 3.8) is 0 Å². The summed E-state index contributed by atoms with van der Waals surface area (Å²) in [6, 6.07) is 11.4. The van der Waals surface area contributed by atoms with Crippen LogP contribution in [0.3, 0.4) is 0 Å². The summed E-state index contributed by atoms with van der Waals surface area (Å²) in [5.74, 6) is -1.19. The maximum absolute atomic E-state index is 12.3. The van der Waals surface area contributed by atoms with Crippen molar-refractivity contribution in [2.24, 2.45) is 0 Å². The van der Waals surface area contributed by atoms with Crippen molar-refractivity contribution in [3.05, 3.63) is 64.7 Å². The van der Waals surface area contributed by atoms with Crippen molar-refractivity contribution in [2.45, 2.75) is 13.5 Å². The van der Waals surface area contributed by atoms with E-state index in [1.165, 1.54) is 13.2 Å². The predicted molar refractivity (Wildman–Crippen MR) is 89.8 cm³/mol. The van der Waals surface area contributed by atoms with E-state index in [0.29, 0.717) is 10.6 Å². The summed E-state index contributed by atoms with van der Waals surface area (Å²) in [4.78, 5) is 33.9. The summed E-state index contributed by atoms with van der Waals surface area (Å²) in [6.07, 6.45) is 0. The average molecular weight is 377 g/mol. The van der Waals surface area contributed by atoms with Crippen molar-refractivity contribution in [1.82, 2.24) is 5.06 Å². The summed E-state index contributed by atoms with van der Waals surface area (Å²) in [7, 11) is 1.36. The van der Waals surface area contributed by atoms with Crippen LogP contribution in [0, 0.1) is 6.92 Å². The van der Waals surface area contributed by atoms with Gasteiger partial charge in [0.25, 0.3) is 11.8 Å². The van der Waals surface area contributed by atoms with Gasteiger partial charge in [-0.05, 0) is 25.1 Å². The van der Waals surface area contributed by atoms with Crippen molar-refractivity contribution < 1.29 is 32.0 Å². The van der Waals surface area contributed by atoms with E-state index >= 15 is 0 Å². The zero-order valence-electron chi connectivity index (χ0n) is 14.0. The van der Waals surface area contributed by atoms with E-state index in [-0.39, 0.29) is 23.5 Å². The third-order valence-corrected chi connectivity index (χ3v) is 4.19. The van der Waals surface area contributed by atoms with Crippen LogP contribution in [-0.4, -0.2) is 28.2 Å². The van der Waals surface area contributed by atoms with E-state index in [1.807, 2.05) is 0 Å². The fourth-order valence-electron chi connectivity index (χ4n) is 2.38. The number of imide groups is 1. The van der Waals surface area contributed by atoms with Crippen LogP contribution < -0.4 is 4.18 Å². The Morgan fingerprint density at radius 1 is 1.04 bits per heavy atom. The van der Waals surface area contributed by atoms with Crippen molar-refractivity contribution in [3.8, 4) is 5.75 Å². The first kappa shape index (κ1) is 18.2. The Morgan fingerprint density at radius 3 is 2.54 bits per heavy atom. The molecule has 1 aliphatic heterocycles. The van der Waals surface area contributed by atoms with E-state index in [1.54, 1.807) is 43.3 Å². The third-order valence-electron chi connectivity index (χ3n) is 3.60. The number of amides is 2. The number of hydrogen-bond acceptors (Lipinski definition) is 7. The van der Waals surface area contributed by atoms with Crippen LogP contribution in [0.15, 0.2) is 42.5 Å². The molecule has 0 radical (unpaired) electrons. The molecule has 1 unspecified atom stereocenters. The maximum Gasteiger partial charge on any atom is 0.383 e. The molecule has 1 heterocycles. The fraction of sp³-hybridized carbons (Fsp3) is 0.176. The molecule has 2 aromatic carbocycles. The SMILES string of the molecule is COOCc1ccccc1OS(=O)ON1C(=O)c2ccc(C)cc2C1=O. The van der Waals surface area contributed by atoms with E-state index in [9.17, 15) is 13.8 Å². The van der Waals surface area contributed by atoms with Gasteiger partial charge >= 0.3 is 11.4 Å². The average Bonchev–Trinajstić information content (AvgIpc) is 2.85. The Kier molecular flexibility index (Phi) is 5.43. The molecule has 0 N–H and O–H groups in total. The Bertz CT molecular complexity index is 883. The van der Waals surface area contributed by atoms with E-state index in [4.69, 9.17) is 13.4 Å². The van der Waals surface area contributed by atoms with Gasteiger partial charge in [0.05, 0.1) is 18.2 Å². The van der Waals surface area contributed by atoms with Crippen LogP contribution >= 0.6 is 0 Å². The van der Waals surface area contributed by atoms with Crippen molar-refractivity contribution in [2.75, 3.05) is 7.11 Å². The summed E-state index contributed by atoms with van der Waals surface area (Å²) in [5, 5.41) is 0.439. The number of fused-ring (bicyclic) bond motifs is 1. The highest BCUT2D eigenvalue weighted by Crippen LogP contribution is 2.26. The number of benzene rings is 2. The molecule has 9 heteroatoms. The molecule has 0 spiro atoms. The molecule has 3 rings (SSSR count). The summed E-state index contributed by atoms with van der Waals surface area (Å²) < 4.78 is 22.3. The number of carbonyl (C=O) groups is 2. The Hall–Kier alpha value is -2.59. The van der Waals surface area contributed by atoms with E-state index < -0.39 is 23.2 Å². The molecule has 1 atom stereocenters. The van der Waals surface area contributed by atoms with Crippen LogP contribution in [0.5, 0.6) is 5.75 Å². The van der Waals surface area contributed by atoms with Gasteiger partial charge in [-0.1, -0.05) is 29.8 Å². The van der Waals surface area contributed by atoms with Gasteiger partial charge in [-0.2, -0.15) is 4.21 Å². The minimum Gasteiger partial charge on any atom is -0.378 e. The standard InChI is InChI=1S/C17H15NO7S/c1-11-7-8-13-14(9-11)17(20)18(16(13)19)25-26(21)24-15-6-4-3-5-12(15)10-23-22-2/h3-9H,10H2,1-2H3. The quantitative estimate of drug-likeness (QED) is 0.415. The van der Waals surface area contributed by atoms with Gasteiger partial charge in [-0.25, -0.2) is 9.78 Å². The van der Waals surface area contributed by atoms with Crippen LogP contribution in [0.4, 0.5) is 0 Å². The topological polar surface area (TPSA) is 91.4 Å². The molecule has 0 fully saturated rings. The van der Waals surface area contributed by atoms with Gasteiger partial charge in [-0.3, -0.25) is 9.59 Å². The lowest BCUT2D eigenvalue weighted by atomic mass is 10.1. The molecule has 0 saturated carbocycles. The molecular weight excluding hydrogens is 362 g/mol. The second kappa shape index (κ2) is 7.75. The molecule has 0 bridgehead atoms. The van der Waals surface area contributed by atoms with Gasteiger partial charge in [-0.15, -0.1) is 9.35 Å². The van der Waals surface area contributed by atoms with Gasteiger partial charge in [0.15, 0.2) is 0 Å². The molecule has 1 aliphatic rings.